The van der Waals surface area contributed by atoms with Crippen LogP contribution in [-0.4, -0.2) is 17.1 Å². The lowest BCUT2D eigenvalue weighted by molar-refractivity contribution is 0.0319. The van der Waals surface area contributed by atoms with E-state index in [-0.39, 0.29) is 12.1 Å². The minimum absolute atomic E-state index is 0.00953. The third-order valence-corrected chi connectivity index (χ3v) is 4.19. The Morgan fingerprint density at radius 2 is 1.48 bits per heavy atom. The van der Waals surface area contributed by atoms with Crippen LogP contribution in [0.3, 0.4) is 0 Å². The van der Waals surface area contributed by atoms with Crippen LogP contribution in [-0.2, 0) is 4.74 Å². The fourth-order valence-electron chi connectivity index (χ4n) is 2.72. The Hall–Kier alpha value is -1.38. The Kier molecular flexibility index (Phi) is 11.2. The SMILES string of the molecule is CCCCCCCCCCCCC(C)OC(=O)c1ccncc1. The first-order valence-corrected chi connectivity index (χ1v) is 9.35. The van der Waals surface area contributed by atoms with Crippen LogP contribution in [0.4, 0.5) is 0 Å². The van der Waals surface area contributed by atoms with Gasteiger partial charge in [0.05, 0.1) is 11.7 Å². The lowest BCUT2D eigenvalue weighted by Crippen LogP contribution is -2.15. The summed E-state index contributed by atoms with van der Waals surface area (Å²) in [6.07, 6.45) is 17.5. The molecule has 3 heteroatoms. The summed E-state index contributed by atoms with van der Waals surface area (Å²) in [4.78, 5) is 15.8. The second kappa shape index (κ2) is 13.1. The van der Waals surface area contributed by atoms with Gasteiger partial charge in [0.15, 0.2) is 0 Å². The van der Waals surface area contributed by atoms with Gasteiger partial charge in [0.2, 0.25) is 0 Å². The molecule has 0 saturated heterocycles. The second-order valence-electron chi connectivity index (χ2n) is 6.42. The molecule has 0 aliphatic rings. The first-order chi connectivity index (χ1) is 11.2. The minimum atomic E-state index is -0.244. The minimum Gasteiger partial charge on any atom is -0.459 e. The summed E-state index contributed by atoms with van der Waals surface area (Å²) in [6, 6.07) is 3.38. The van der Waals surface area contributed by atoms with Gasteiger partial charge in [-0.25, -0.2) is 4.79 Å². The van der Waals surface area contributed by atoms with Crippen LogP contribution in [0, 0.1) is 0 Å². The lowest BCUT2D eigenvalue weighted by Gasteiger charge is -2.13. The van der Waals surface area contributed by atoms with Gasteiger partial charge in [-0.3, -0.25) is 4.98 Å². The molecule has 0 aliphatic carbocycles. The highest BCUT2D eigenvalue weighted by Crippen LogP contribution is 2.13. The molecule has 130 valence electrons. The van der Waals surface area contributed by atoms with Crippen molar-refractivity contribution in [3.8, 4) is 0 Å². The van der Waals surface area contributed by atoms with Gasteiger partial charge in [0.1, 0.15) is 0 Å². The van der Waals surface area contributed by atoms with Crippen LogP contribution in [0.2, 0.25) is 0 Å². The first-order valence-electron chi connectivity index (χ1n) is 9.35. The lowest BCUT2D eigenvalue weighted by atomic mass is 10.0. The Morgan fingerprint density at radius 3 is 2.04 bits per heavy atom. The maximum Gasteiger partial charge on any atom is 0.338 e. The third-order valence-electron chi connectivity index (χ3n) is 4.19. The van der Waals surface area contributed by atoms with Crippen LogP contribution in [0.5, 0.6) is 0 Å². The number of carbonyl (C=O) groups is 1. The third kappa shape index (κ3) is 10.1. The molecule has 1 unspecified atom stereocenters. The summed E-state index contributed by atoms with van der Waals surface area (Å²) in [5.41, 5.74) is 0.579. The fraction of sp³-hybridized carbons (Fsp3) is 0.700. The number of pyridine rings is 1. The number of rotatable bonds is 13. The molecule has 23 heavy (non-hydrogen) atoms. The summed E-state index contributed by atoms with van der Waals surface area (Å²) < 4.78 is 5.45. The molecule has 1 heterocycles. The highest BCUT2D eigenvalue weighted by Gasteiger charge is 2.11. The number of hydrogen-bond donors (Lipinski definition) is 0. The Bertz CT molecular complexity index is 405. The second-order valence-corrected chi connectivity index (χ2v) is 6.42. The van der Waals surface area contributed by atoms with Gasteiger partial charge in [-0.2, -0.15) is 0 Å². The summed E-state index contributed by atoms with van der Waals surface area (Å²) in [5.74, 6) is -0.244. The number of carbonyl (C=O) groups excluding carboxylic acids is 1. The molecular formula is C20H33NO2. The quantitative estimate of drug-likeness (QED) is 0.334. The highest BCUT2D eigenvalue weighted by molar-refractivity contribution is 5.89. The topological polar surface area (TPSA) is 39.2 Å². The van der Waals surface area contributed by atoms with Crippen molar-refractivity contribution in [3.05, 3.63) is 30.1 Å². The molecule has 0 aliphatic heterocycles. The highest BCUT2D eigenvalue weighted by atomic mass is 16.5. The number of aromatic nitrogens is 1. The molecule has 1 atom stereocenters. The summed E-state index contributed by atoms with van der Waals surface area (Å²) in [6.45, 7) is 4.24. The number of nitrogens with zero attached hydrogens (tertiary/aromatic N) is 1. The van der Waals surface area contributed by atoms with Crippen LogP contribution < -0.4 is 0 Å². The van der Waals surface area contributed by atoms with Crippen molar-refractivity contribution in [2.24, 2.45) is 0 Å². The van der Waals surface area contributed by atoms with Crippen LogP contribution >= 0.6 is 0 Å². The smallest absolute Gasteiger partial charge is 0.338 e. The van der Waals surface area contributed by atoms with E-state index in [1.54, 1.807) is 24.5 Å². The summed E-state index contributed by atoms with van der Waals surface area (Å²) in [7, 11) is 0. The van der Waals surface area contributed by atoms with E-state index in [0.717, 1.165) is 12.8 Å². The molecule has 0 radical (unpaired) electrons. The number of ether oxygens (including phenoxy) is 1. The predicted octanol–water partition coefficient (Wildman–Crippen LogP) is 5.94. The molecule has 1 aromatic rings. The molecule has 0 saturated carbocycles. The molecule has 0 spiro atoms. The first kappa shape index (κ1) is 19.7. The van der Waals surface area contributed by atoms with Crippen molar-refractivity contribution < 1.29 is 9.53 Å². The molecule has 0 aromatic carbocycles. The van der Waals surface area contributed by atoms with Gasteiger partial charge in [-0.1, -0.05) is 64.7 Å². The zero-order chi connectivity index (χ0) is 16.8. The Labute approximate surface area is 141 Å². The largest absolute Gasteiger partial charge is 0.459 e. The van der Waals surface area contributed by atoms with Gasteiger partial charge >= 0.3 is 5.97 Å². The van der Waals surface area contributed by atoms with E-state index in [9.17, 15) is 4.79 Å². The van der Waals surface area contributed by atoms with Crippen molar-refractivity contribution in [1.29, 1.82) is 0 Å². The fourth-order valence-corrected chi connectivity index (χ4v) is 2.72. The molecule has 0 N–H and O–H groups in total. The van der Waals surface area contributed by atoms with Crippen LogP contribution in [0.25, 0.3) is 0 Å². The normalized spacial score (nSPS) is 12.1. The maximum atomic E-state index is 11.9. The average Bonchev–Trinajstić information content (AvgIpc) is 2.57. The summed E-state index contributed by atoms with van der Waals surface area (Å²) in [5, 5.41) is 0. The molecule has 1 aromatic heterocycles. The van der Waals surface area contributed by atoms with Crippen molar-refractivity contribution in [2.45, 2.75) is 90.6 Å². The standard InChI is InChI=1S/C20H33NO2/c1-3-4-5-6-7-8-9-10-11-12-13-18(2)23-20(22)19-14-16-21-17-15-19/h14-18H,3-13H2,1-2H3. The van der Waals surface area contributed by atoms with Crippen LogP contribution in [0.15, 0.2) is 24.5 Å². The van der Waals surface area contributed by atoms with E-state index in [1.807, 2.05) is 6.92 Å². The zero-order valence-corrected chi connectivity index (χ0v) is 14.9. The Balaban J connectivity index is 1.96. The van der Waals surface area contributed by atoms with Crippen molar-refractivity contribution in [1.82, 2.24) is 4.98 Å². The van der Waals surface area contributed by atoms with Crippen LogP contribution in [0.1, 0.15) is 94.8 Å². The zero-order valence-electron chi connectivity index (χ0n) is 14.9. The number of esters is 1. The number of unbranched alkanes of at least 4 members (excludes halogenated alkanes) is 9. The predicted molar refractivity (Wildman–Crippen MR) is 95.6 cm³/mol. The van der Waals surface area contributed by atoms with Gasteiger partial charge in [-0.15, -0.1) is 0 Å². The summed E-state index contributed by atoms with van der Waals surface area (Å²) >= 11 is 0. The molecular weight excluding hydrogens is 286 g/mol. The van der Waals surface area contributed by atoms with Crippen molar-refractivity contribution in [2.75, 3.05) is 0 Å². The van der Waals surface area contributed by atoms with E-state index in [1.165, 1.54) is 57.8 Å². The number of hydrogen-bond acceptors (Lipinski definition) is 3. The van der Waals surface area contributed by atoms with Gasteiger partial charge < -0.3 is 4.74 Å². The Morgan fingerprint density at radius 1 is 0.957 bits per heavy atom. The van der Waals surface area contributed by atoms with Crippen molar-refractivity contribution >= 4 is 5.97 Å². The van der Waals surface area contributed by atoms with Gasteiger partial charge in [0, 0.05) is 12.4 Å². The average molecular weight is 319 g/mol. The van der Waals surface area contributed by atoms with E-state index in [4.69, 9.17) is 4.74 Å². The van der Waals surface area contributed by atoms with Crippen molar-refractivity contribution in [3.63, 3.8) is 0 Å². The van der Waals surface area contributed by atoms with Gasteiger partial charge in [-0.05, 0) is 31.9 Å². The van der Waals surface area contributed by atoms with E-state index in [2.05, 4.69) is 11.9 Å². The maximum absolute atomic E-state index is 11.9. The monoisotopic (exact) mass is 319 g/mol. The molecule has 0 fully saturated rings. The van der Waals surface area contributed by atoms with Gasteiger partial charge in [0.25, 0.3) is 0 Å². The molecule has 0 amide bonds. The van der Waals surface area contributed by atoms with E-state index in [0.29, 0.717) is 5.56 Å². The molecule has 3 nitrogen and oxygen atoms in total. The van der Waals surface area contributed by atoms with E-state index >= 15 is 0 Å². The van der Waals surface area contributed by atoms with E-state index < -0.39 is 0 Å². The molecule has 0 bridgehead atoms. The molecule has 1 rings (SSSR count).